The van der Waals surface area contributed by atoms with E-state index in [-0.39, 0.29) is 25.6 Å². The first-order valence-electron chi connectivity index (χ1n) is 5.84. The Morgan fingerprint density at radius 3 is 2.62 bits per heavy atom. The van der Waals surface area contributed by atoms with Crippen LogP contribution in [0, 0.1) is 0 Å². The second-order valence-electron chi connectivity index (χ2n) is 4.68. The van der Waals surface area contributed by atoms with E-state index in [1.165, 1.54) is 0 Å². The van der Waals surface area contributed by atoms with Gasteiger partial charge in [-0.2, -0.15) is 0 Å². The molecule has 0 aromatic rings. The van der Waals surface area contributed by atoms with Crippen LogP contribution in [0.1, 0.15) is 25.7 Å². The van der Waals surface area contributed by atoms with E-state index < -0.39 is 5.60 Å². The molecule has 1 amide bonds. The van der Waals surface area contributed by atoms with E-state index in [2.05, 4.69) is 5.32 Å². The number of hydrogen-bond acceptors (Lipinski definition) is 4. The van der Waals surface area contributed by atoms with Gasteiger partial charge in [-0.15, -0.1) is 0 Å². The molecule has 0 unspecified atom stereocenters. The third-order valence-electron chi connectivity index (χ3n) is 2.95. The number of aliphatic hydroxyl groups excluding tert-OH is 1. The van der Waals surface area contributed by atoms with Gasteiger partial charge in [0.2, 0.25) is 5.91 Å². The molecule has 0 aliphatic heterocycles. The zero-order valence-electron chi connectivity index (χ0n) is 9.91. The molecule has 1 aliphatic carbocycles. The first-order valence-corrected chi connectivity index (χ1v) is 5.84. The Balaban J connectivity index is 2.24. The lowest BCUT2D eigenvalue weighted by Crippen LogP contribution is -2.44. The highest BCUT2D eigenvalue weighted by Crippen LogP contribution is 2.29. The maximum atomic E-state index is 11.3. The second kappa shape index (κ2) is 6.18. The molecular formula is C11H22N2O3. The molecular weight excluding hydrogens is 208 g/mol. The summed E-state index contributed by atoms with van der Waals surface area (Å²) in [7, 11) is 1.83. The molecule has 1 saturated carbocycles. The molecule has 0 aromatic heterocycles. The Morgan fingerprint density at radius 1 is 1.44 bits per heavy atom. The van der Waals surface area contributed by atoms with Gasteiger partial charge in [0.15, 0.2) is 0 Å². The van der Waals surface area contributed by atoms with Crippen molar-refractivity contribution >= 4 is 5.91 Å². The molecule has 0 heterocycles. The Labute approximate surface area is 96.4 Å². The quantitative estimate of drug-likeness (QED) is 0.566. The van der Waals surface area contributed by atoms with Crippen molar-refractivity contribution in [3.63, 3.8) is 0 Å². The SMILES string of the molecule is CN(CC(=O)NCCO)CC1(O)CCCC1. The van der Waals surface area contributed by atoms with E-state index in [0.717, 1.165) is 25.7 Å². The van der Waals surface area contributed by atoms with E-state index in [9.17, 15) is 9.90 Å². The Kier molecular flexibility index (Phi) is 5.18. The van der Waals surface area contributed by atoms with Crippen LogP contribution in [0.25, 0.3) is 0 Å². The van der Waals surface area contributed by atoms with Crippen molar-refractivity contribution in [1.82, 2.24) is 10.2 Å². The minimum atomic E-state index is -0.605. The molecule has 0 bridgehead atoms. The third-order valence-corrected chi connectivity index (χ3v) is 2.95. The smallest absolute Gasteiger partial charge is 0.234 e. The second-order valence-corrected chi connectivity index (χ2v) is 4.68. The molecule has 3 N–H and O–H groups in total. The van der Waals surface area contributed by atoms with Gasteiger partial charge in [0.05, 0.1) is 18.8 Å². The zero-order chi connectivity index (χ0) is 12.0. The van der Waals surface area contributed by atoms with Crippen molar-refractivity contribution in [3.8, 4) is 0 Å². The van der Waals surface area contributed by atoms with Crippen molar-refractivity contribution in [1.29, 1.82) is 0 Å². The number of nitrogens with one attached hydrogen (secondary N) is 1. The van der Waals surface area contributed by atoms with Crippen molar-refractivity contribution < 1.29 is 15.0 Å². The van der Waals surface area contributed by atoms with E-state index in [4.69, 9.17) is 5.11 Å². The van der Waals surface area contributed by atoms with Gasteiger partial charge < -0.3 is 15.5 Å². The summed E-state index contributed by atoms with van der Waals surface area (Å²) in [5, 5.41) is 21.3. The molecule has 0 saturated heterocycles. The minimum Gasteiger partial charge on any atom is -0.395 e. The number of hydrogen-bond donors (Lipinski definition) is 3. The highest BCUT2D eigenvalue weighted by Gasteiger charge is 2.32. The number of aliphatic hydroxyl groups is 2. The number of carbonyl (C=O) groups excluding carboxylic acids is 1. The monoisotopic (exact) mass is 230 g/mol. The number of rotatable bonds is 6. The van der Waals surface area contributed by atoms with Crippen LogP contribution in [0.3, 0.4) is 0 Å². The van der Waals surface area contributed by atoms with Crippen LogP contribution in [-0.2, 0) is 4.79 Å². The van der Waals surface area contributed by atoms with Crippen LogP contribution in [0.15, 0.2) is 0 Å². The van der Waals surface area contributed by atoms with Gasteiger partial charge in [0.25, 0.3) is 0 Å². The molecule has 0 atom stereocenters. The van der Waals surface area contributed by atoms with Gasteiger partial charge in [-0.05, 0) is 19.9 Å². The van der Waals surface area contributed by atoms with Crippen molar-refractivity contribution in [2.24, 2.45) is 0 Å². The van der Waals surface area contributed by atoms with Crippen LogP contribution in [-0.4, -0.2) is 59.9 Å². The summed E-state index contributed by atoms with van der Waals surface area (Å²) in [5.41, 5.74) is -0.605. The van der Waals surface area contributed by atoms with Gasteiger partial charge in [-0.1, -0.05) is 12.8 Å². The summed E-state index contributed by atoms with van der Waals surface area (Å²) in [4.78, 5) is 13.2. The maximum Gasteiger partial charge on any atom is 0.234 e. The van der Waals surface area contributed by atoms with Crippen molar-refractivity contribution in [3.05, 3.63) is 0 Å². The normalized spacial score (nSPS) is 19.0. The van der Waals surface area contributed by atoms with Crippen LogP contribution < -0.4 is 5.32 Å². The van der Waals surface area contributed by atoms with Gasteiger partial charge in [-0.25, -0.2) is 0 Å². The fraction of sp³-hybridized carbons (Fsp3) is 0.909. The van der Waals surface area contributed by atoms with Gasteiger partial charge in [0, 0.05) is 13.1 Å². The molecule has 5 nitrogen and oxygen atoms in total. The first kappa shape index (κ1) is 13.4. The highest BCUT2D eigenvalue weighted by molar-refractivity contribution is 5.77. The predicted molar refractivity (Wildman–Crippen MR) is 61.0 cm³/mol. The lowest BCUT2D eigenvalue weighted by atomic mass is 10.0. The number of carbonyl (C=O) groups is 1. The van der Waals surface area contributed by atoms with Gasteiger partial charge in [0.1, 0.15) is 0 Å². The van der Waals surface area contributed by atoms with E-state index >= 15 is 0 Å². The fourth-order valence-corrected chi connectivity index (χ4v) is 2.25. The molecule has 1 fully saturated rings. The van der Waals surface area contributed by atoms with E-state index in [1.54, 1.807) is 0 Å². The minimum absolute atomic E-state index is 0.0423. The third kappa shape index (κ3) is 4.47. The number of likely N-dealkylation sites (N-methyl/N-ethyl adjacent to an activating group) is 1. The first-order chi connectivity index (χ1) is 7.56. The Bertz CT molecular complexity index is 227. The summed E-state index contributed by atoms with van der Waals surface area (Å²) in [6.45, 7) is 1.05. The van der Waals surface area contributed by atoms with E-state index in [1.807, 2.05) is 11.9 Å². The topological polar surface area (TPSA) is 72.8 Å². The van der Waals surface area contributed by atoms with Crippen molar-refractivity contribution in [2.75, 3.05) is 33.3 Å². The summed E-state index contributed by atoms with van der Waals surface area (Å²) in [6.07, 6.45) is 3.80. The lowest BCUT2D eigenvalue weighted by molar-refractivity contribution is -0.122. The predicted octanol–water partition coefficient (Wildman–Crippen LogP) is -0.668. The molecule has 16 heavy (non-hydrogen) atoms. The van der Waals surface area contributed by atoms with Crippen LogP contribution in [0.4, 0.5) is 0 Å². The lowest BCUT2D eigenvalue weighted by Gasteiger charge is -2.28. The molecule has 94 valence electrons. The maximum absolute atomic E-state index is 11.3. The highest BCUT2D eigenvalue weighted by atomic mass is 16.3. The Hall–Kier alpha value is -0.650. The molecule has 0 radical (unpaired) electrons. The van der Waals surface area contributed by atoms with Gasteiger partial charge >= 0.3 is 0 Å². The summed E-state index contributed by atoms with van der Waals surface area (Å²) < 4.78 is 0. The molecule has 0 aromatic carbocycles. The standard InChI is InChI=1S/C11H22N2O3/c1-13(8-10(15)12-6-7-14)9-11(16)4-2-3-5-11/h14,16H,2-9H2,1H3,(H,12,15). The Morgan fingerprint density at radius 2 is 2.06 bits per heavy atom. The van der Waals surface area contributed by atoms with E-state index in [0.29, 0.717) is 6.54 Å². The average molecular weight is 230 g/mol. The van der Waals surface area contributed by atoms with Crippen LogP contribution in [0.5, 0.6) is 0 Å². The number of amides is 1. The average Bonchev–Trinajstić information content (AvgIpc) is 2.61. The van der Waals surface area contributed by atoms with Gasteiger partial charge in [-0.3, -0.25) is 9.69 Å². The molecule has 1 rings (SSSR count). The summed E-state index contributed by atoms with van der Waals surface area (Å²) >= 11 is 0. The number of nitrogens with zero attached hydrogens (tertiary/aromatic N) is 1. The fourth-order valence-electron chi connectivity index (χ4n) is 2.25. The largest absolute Gasteiger partial charge is 0.395 e. The molecule has 1 aliphatic rings. The summed E-state index contributed by atoms with van der Waals surface area (Å²) in [5.74, 6) is -0.113. The molecule has 5 heteroatoms. The zero-order valence-corrected chi connectivity index (χ0v) is 9.91. The molecule has 0 spiro atoms. The summed E-state index contributed by atoms with van der Waals surface area (Å²) in [6, 6.07) is 0. The van der Waals surface area contributed by atoms with Crippen LogP contribution in [0.2, 0.25) is 0 Å². The van der Waals surface area contributed by atoms with Crippen molar-refractivity contribution in [2.45, 2.75) is 31.3 Å². The van der Waals surface area contributed by atoms with Crippen LogP contribution >= 0.6 is 0 Å².